The number of ether oxygens (including phenoxy) is 1. The van der Waals surface area contributed by atoms with Crippen LogP contribution >= 0.6 is 0 Å². The van der Waals surface area contributed by atoms with E-state index in [4.69, 9.17) is 4.74 Å². The van der Waals surface area contributed by atoms with E-state index in [9.17, 15) is 9.59 Å². The fraction of sp³-hybridized carbons (Fsp3) is 0.586. The van der Waals surface area contributed by atoms with E-state index < -0.39 is 5.97 Å². The minimum absolute atomic E-state index is 0.0493. The second-order valence-electron chi connectivity index (χ2n) is 10.7. The highest BCUT2D eigenvalue weighted by Crippen LogP contribution is 2.40. The van der Waals surface area contributed by atoms with E-state index in [1.165, 1.54) is 0 Å². The molecule has 1 aromatic heterocycles. The molecule has 37 heavy (non-hydrogen) atoms. The number of likely N-dealkylation sites (N-methyl/N-ethyl adjacent to an activating group) is 1. The van der Waals surface area contributed by atoms with Gasteiger partial charge in [0.05, 0.1) is 17.9 Å². The zero-order valence-corrected chi connectivity index (χ0v) is 23.2. The van der Waals surface area contributed by atoms with Crippen LogP contribution in [-0.2, 0) is 14.9 Å². The van der Waals surface area contributed by atoms with E-state index in [-0.39, 0.29) is 11.4 Å². The number of H-pyrrole nitrogens is 1. The van der Waals surface area contributed by atoms with Gasteiger partial charge in [-0.05, 0) is 31.1 Å². The topological polar surface area (TPSA) is 72.1 Å². The molecule has 1 saturated heterocycles. The Hall–Kier alpha value is -2.84. The zero-order chi connectivity index (χ0) is 26.6. The van der Waals surface area contributed by atoms with E-state index >= 15 is 0 Å². The first-order chi connectivity index (χ1) is 17.8. The van der Waals surface area contributed by atoms with Crippen LogP contribution in [0.25, 0.3) is 16.5 Å². The molecule has 8 heteroatoms. The summed E-state index contributed by atoms with van der Waals surface area (Å²) in [4.78, 5) is 39.0. The second-order valence-corrected chi connectivity index (χ2v) is 10.7. The van der Waals surface area contributed by atoms with Gasteiger partial charge in [-0.1, -0.05) is 52.8 Å². The van der Waals surface area contributed by atoms with Crippen molar-refractivity contribution in [2.24, 2.45) is 0 Å². The number of esters is 1. The van der Waals surface area contributed by atoms with Crippen molar-refractivity contribution >= 4 is 28.5 Å². The van der Waals surface area contributed by atoms with Crippen LogP contribution in [0.15, 0.2) is 30.5 Å². The predicted molar refractivity (Wildman–Crippen MR) is 148 cm³/mol. The Labute approximate surface area is 221 Å². The van der Waals surface area contributed by atoms with Crippen LogP contribution in [0.4, 0.5) is 4.79 Å². The van der Waals surface area contributed by atoms with Crippen molar-refractivity contribution in [2.75, 3.05) is 65.5 Å². The lowest BCUT2D eigenvalue weighted by molar-refractivity contribution is -0.136. The number of fused-ring (bicyclic) bond motifs is 3. The molecule has 2 aliphatic heterocycles. The summed E-state index contributed by atoms with van der Waals surface area (Å²) in [5.74, 6) is -0.397. The molecule has 0 saturated carbocycles. The van der Waals surface area contributed by atoms with Crippen molar-refractivity contribution in [3.63, 3.8) is 0 Å². The number of hydrogen-bond acceptors (Lipinski definition) is 5. The summed E-state index contributed by atoms with van der Waals surface area (Å²) in [5, 5.41) is 1.08. The molecule has 2 aliphatic rings. The van der Waals surface area contributed by atoms with Crippen molar-refractivity contribution in [2.45, 2.75) is 46.5 Å². The summed E-state index contributed by atoms with van der Waals surface area (Å²) in [6.45, 7) is 18.8. The molecule has 1 N–H and O–H groups in total. The van der Waals surface area contributed by atoms with Crippen molar-refractivity contribution in [1.82, 2.24) is 24.6 Å². The van der Waals surface area contributed by atoms with Crippen LogP contribution in [-0.4, -0.2) is 102 Å². The van der Waals surface area contributed by atoms with Crippen LogP contribution in [0, 0.1) is 0 Å². The largest absolute Gasteiger partial charge is 0.462 e. The molecule has 0 spiro atoms. The van der Waals surface area contributed by atoms with Crippen LogP contribution in [0.3, 0.4) is 0 Å². The van der Waals surface area contributed by atoms with Crippen LogP contribution in [0.5, 0.6) is 0 Å². The molecule has 8 nitrogen and oxygen atoms in total. The summed E-state index contributed by atoms with van der Waals surface area (Å²) in [6.07, 6.45) is 2.46. The highest BCUT2D eigenvalue weighted by atomic mass is 16.5. The third kappa shape index (κ3) is 5.85. The van der Waals surface area contributed by atoms with Crippen molar-refractivity contribution < 1.29 is 14.3 Å². The zero-order valence-electron chi connectivity index (χ0n) is 23.2. The van der Waals surface area contributed by atoms with Gasteiger partial charge in [-0.25, -0.2) is 9.59 Å². The molecule has 2 aromatic rings. The Kier molecular flexibility index (Phi) is 8.60. The number of rotatable bonds is 8. The maximum absolute atomic E-state index is 13.8. The first-order valence-corrected chi connectivity index (χ1v) is 13.8. The van der Waals surface area contributed by atoms with Gasteiger partial charge in [0.15, 0.2) is 0 Å². The third-order valence-corrected chi connectivity index (χ3v) is 7.68. The first-order valence-electron chi connectivity index (χ1n) is 13.8. The number of nitrogens with zero attached hydrogens (tertiary/aromatic N) is 4. The Balaban J connectivity index is 1.57. The number of urea groups is 1. The second kappa shape index (κ2) is 11.7. The molecule has 0 unspecified atom stereocenters. The molecule has 0 radical (unpaired) electrons. The van der Waals surface area contributed by atoms with Gasteiger partial charge in [0.25, 0.3) is 0 Å². The number of benzene rings is 1. The van der Waals surface area contributed by atoms with Crippen molar-refractivity contribution in [3.8, 4) is 0 Å². The maximum atomic E-state index is 13.8. The molecule has 4 rings (SSSR count). The average Bonchev–Trinajstić information content (AvgIpc) is 3.25. The van der Waals surface area contributed by atoms with Crippen LogP contribution < -0.4 is 0 Å². The van der Waals surface area contributed by atoms with Gasteiger partial charge >= 0.3 is 12.0 Å². The minimum Gasteiger partial charge on any atom is -0.462 e. The van der Waals surface area contributed by atoms with Crippen LogP contribution in [0.2, 0.25) is 0 Å². The summed E-state index contributed by atoms with van der Waals surface area (Å²) < 4.78 is 5.57. The standard InChI is InChI=1S/C29H43N5O3/c1-6-19-37-27(35)23-20-34(21-29(4,5)25-22-11-9-10-12-24(22)30-26(23)25)28(36)33-17-15-32(16-18-33)14-13-31(7-2)8-3/h9-12,20,30H,6-8,13-19,21H2,1-5H3. The van der Waals surface area contributed by atoms with E-state index in [2.05, 4.69) is 48.5 Å². The lowest BCUT2D eigenvalue weighted by Crippen LogP contribution is -2.54. The average molecular weight is 510 g/mol. The molecular weight excluding hydrogens is 466 g/mol. The Morgan fingerprint density at radius 1 is 1.05 bits per heavy atom. The van der Waals surface area contributed by atoms with Gasteiger partial charge in [-0.15, -0.1) is 0 Å². The summed E-state index contributed by atoms with van der Waals surface area (Å²) >= 11 is 0. The van der Waals surface area contributed by atoms with Gasteiger partial charge in [0.1, 0.15) is 0 Å². The lowest BCUT2D eigenvalue weighted by atomic mass is 9.82. The summed E-state index contributed by atoms with van der Waals surface area (Å²) in [7, 11) is 0. The maximum Gasteiger partial charge on any atom is 0.341 e. The number of aromatic amines is 1. The number of piperazine rings is 1. The quantitative estimate of drug-likeness (QED) is 0.542. The molecule has 3 heterocycles. The Bertz CT molecular complexity index is 1130. The van der Waals surface area contributed by atoms with Gasteiger partial charge in [-0.2, -0.15) is 0 Å². The number of carbonyl (C=O) groups excluding carboxylic acids is 2. The predicted octanol–water partition coefficient (Wildman–Crippen LogP) is 4.13. The minimum atomic E-state index is -0.397. The molecule has 2 amide bonds. The Morgan fingerprint density at radius 2 is 1.76 bits per heavy atom. The van der Waals surface area contributed by atoms with Crippen LogP contribution in [0.1, 0.15) is 52.3 Å². The van der Waals surface area contributed by atoms with Gasteiger partial charge in [-0.3, -0.25) is 9.80 Å². The number of aromatic nitrogens is 1. The molecule has 202 valence electrons. The van der Waals surface area contributed by atoms with Gasteiger partial charge in [0, 0.05) is 68.3 Å². The fourth-order valence-corrected chi connectivity index (χ4v) is 5.54. The summed E-state index contributed by atoms with van der Waals surface area (Å²) in [6, 6.07) is 8.06. The molecule has 0 bridgehead atoms. The number of hydrogen-bond donors (Lipinski definition) is 1. The van der Waals surface area contributed by atoms with E-state index in [0.717, 1.165) is 67.8 Å². The molecule has 1 aromatic carbocycles. The summed E-state index contributed by atoms with van der Waals surface area (Å²) in [5.41, 5.74) is 2.83. The lowest BCUT2D eigenvalue weighted by Gasteiger charge is -2.38. The number of nitrogens with one attached hydrogen (secondary N) is 1. The SMILES string of the molecule is CCCOC(=O)C1=CN(C(=O)N2CCN(CCN(CC)CC)CC2)CC(C)(C)c2c1[nH]c1ccccc21. The normalized spacial score (nSPS) is 18.1. The third-order valence-electron chi connectivity index (χ3n) is 7.68. The van der Waals surface area contributed by atoms with E-state index in [1.807, 2.05) is 30.0 Å². The first kappa shape index (κ1) is 27.2. The molecule has 1 fully saturated rings. The van der Waals surface area contributed by atoms with Gasteiger partial charge < -0.3 is 19.5 Å². The van der Waals surface area contributed by atoms with E-state index in [1.54, 1.807) is 11.1 Å². The highest BCUT2D eigenvalue weighted by Gasteiger charge is 2.38. The number of amides is 2. The van der Waals surface area contributed by atoms with Gasteiger partial charge in [0.2, 0.25) is 0 Å². The monoisotopic (exact) mass is 509 g/mol. The molecule has 0 atom stereocenters. The molecule has 0 aliphatic carbocycles. The van der Waals surface area contributed by atoms with Crippen molar-refractivity contribution in [3.05, 3.63) is 41.7 Å². The Morgan fingerprint density at radius 3 is 2.43 bits per heavy atom. The fourth-order valence-electron chi connectivity index (χ4n) is 5.54. The highest BCUT2D eigenvalue weighted by molar-refractivity contribution is 6.18. The number of carbonyl (C=O) groups is 2. The molecular formula is C29H43N5O3. The number of para-hydroxylation sites is 1. The smallest absolute Gasteiger partial charge is 0.341 e. The van der Waals surface area contributed by atoms with E-state index in [0.29, 0.717) is 31.8 Å². The van der Waals surface area contributed by atoms with Crippen molar-refractivity contribution in [1.29, 1.82) is 0 Å².